The Balaban J connectivity index is 4.36. The number of aliphatic hydroxyl groups is 2. The number of aliphatic carboxylic acids is 1. The molecule has 0 aliphatic rings. The van der Waals surface area contributed by atoms with Gasteiger partial charge in [-0.05, 0) is 39.2 Å². The van der Waals surface area contributed by atoms with Gasteiger partial charge in [-0.15, -0.1) is 0 Å². The van der Waals surface area contributed by atoms with E-state index in [2.05, 4.69) is 0 Å². The zero-order chi connectivity index (χ0) is 11.8. The van der Waals surface area contributed by atoms with Crippen LogP contribution < -0.4 is 0 Å². The van der Waals surface area contributed by atoms with Gasteiger partial charge in [0.1, 0.15) is 5.76 Å². The molecular formula is C11H18O4. The van der Waals surface area contributed by atoms with Crippen molar-refractivity contribution in [3.05, 3.63) is 23.0 Å². The second-order valence-electron chi connectivity index (χ2n) is 3.36. The molecule has 0 aliphatic heterocycles. The summed E-state index contributed by atoms with van der Waals surface area (Å²) in [5.41, 5.74) is 0.525. The first kappa shape index (κ1) is 13.7. The minimum absolute atomic E-state index is 0.00726. The molecule has 0 amide bonds. The molecule has 0 aromatic heterocycles. The first-order chi connectivity index (χ1) is 7.00. The predicted octanol–water partition coefficient (Wildman–Crippen LogP) is 2.01. The zero-order valence-corrected chi connectivity index (χ0v) is 9.16. The summed E-state index contributed by atoms with van der Waals surface area (Å²) in [5, 5.41) is 26.7. The second kappa shape index (κ2) is 7.06. The van der Waals surface area contributed by atoms with E-state index in [4.69, 9.17) is 10.2 Å². The molecule has 0 fully saturated rings. The van der Waals surface area contributed by atoms with Crippen molar-refractivity contribution in [3.63, 3.8) is 0 Å². The van der Waals surface area contributed by atoms with Crippen molar-refractivity contribution in [1.29, 1.82) is 0 Å². The van der Waals surface area contributed by atoms with E-state index in [9.17, 15) is 9.90 Å². The fourth-order valence-electron chi connectivity index (χ4n) is 1.00. The summed E-state index contributed by atoms with van der Waals surface area (Å²) in [7, 11) is 0. The largest absolute Gasteiger partial charge is 0.508 e. The summed E-state index contributed by atoms with van der Waals surface area (Å²) in [5.74, 6) is -1.02. The lowest BCUT2D eigenvalue weighted by molar-refractivity contribution is -0.132. The SMILES string of the molecule is CC(C(=O)O)=C(C)C(O)=CCCCCO. The Kier molecular flexibility index (Phi) is 6.45. The zero-order valence-electron chi connectivity index (χ0n) is 9.16. The van der Waals surface area contributed by atoms with Crippen molar-refractivity contribution >= 4 is 5.97 Å². The highest BCUT2D eigenvalue weighted by Gasteiger charge is 2.07. The quantitative estimate of drug-likeness (QED) is 0.273. The monoisotopic (exact) mass is 214 g/mol. The molecule has 0 aromatic rings. The third-order valence-corrected chi connectivity index (χ3v) is 2.22. The van der Waals surface area contributed by atoms with Crippen molar-refractivity contribution in [2.75, 3.05) is 6.61 Å². The standard InChI is InChI=1S/C11H18O4/c1-8(9(2)11(14)15)10(13)6-4-3-5-7-12/h6,12-13H,3-5,7H2,1-2H3,(H,14,15). The highest BCUT2D eigenvalue weighted by atomic mass is 16.4. The predicted molar refractivity (Wildman–Crippen MR) is 57.7 cm³/mol. The van der Waals surface area contributed by atoms with E-state index in [1.165, 1.54) is 6.92 Å². The molecule has 0 unspecified atom stereocenters. The lowest BCUT2D eigenvalue weighted by Gasteiger charge is -2.03. The number of carbonyl (C=O) groups is 1. The molecule has 4 heteroatoms. The summed E-state index contributed by atoms with van der Waals surface area (Å²) < 4.78 is 0. The van der Waals surface area contributed by atoms with Crippen LogP contribution in [0.25, 0.3) is 0 Å². The molecule has 0 rings (SSSR count). The minimum Gasteiger partial charge on any atom is -0.508 e. The molecule has 0 aliphatic carbocycles. The molecule has 0 aromatic carbocycles. The molecule has 86 valence electrons. The maximum atomic E-state index is 10.6. The van der Waals surface area contributed by atoms with Gasteiger partial charge in [-0.2, -0.15) is 0 Å². The highest BCUT2D eigenvalue weighted by molar-refractivity contribution is 5.87. The van der Waals surface area contributed by atoms with Crippen LogP contribution in [0.1, 0.15) is 33.1 Å². The average Bonchev–Trinajstić information content (AvgIpc) is 2.21. The summed E-state index contributed by atoms with van der Waals surface area (Å²) in [6.07, 6.45) is 3.68. The second-order valence-corrected chi connectivity index (χ2v) is 3.36. The van der Waals surface area contributed by atoms with Crippen molar-refractivity contribution in [3.8, 4) is 0 Å². The van der Waals surface area contributed by atoms with E-state index in [0.29, 0.717) is 18.4 Å². The summed E-state index contributed by atoms with van der Waals surface area (Å²) in [6, 6.07) is 0. The van der Waals surface area contributed by atoms with Gasteiger partial charge in [-0.3, -0.25) is 0 Å². The van der Waals surface area contributed by atoms with Crippen LogP contribution in [0.4, 0.5) is 0 Å². The van der Waals surface area contributed by atoms with Gasteiger partial charge in [0.25, 0.3) is 0 Å². The van der Waals surface area contributed by atoms with Crippen LogP contribution in [-0.2, 0) is 4.79 Å². The summed E-state index contributed by atoms with van der Waals surface area (Å²) >= 11 is 0. The Morgan fingerprint density at radius 3 is 2.20 bits per heavy atom. The third-order valence-electron chi connectivity index (χ3n) is 2.22. The van der Waals surface area contributed by atoms with Gasteiger partial charge in [-0.1, -0.05) is 0 Å². The molecule has 0 spiro atoms. The molecule has 0 saturated heterocycles. The van der Waals surface area contributed by atoms with Crippen LogP contribution in [0.5, 0.6) is 0 Å². The van der Waals surface area contributed by atoms with E-state index in [1.807, 2.05) is 0 Å². The van der Waals surface area contributed by atoms with Crippen LogP contribution in [0.15, 0.2) is 23.0 Å². The lowest BCUT2D eigenvalue weighted by atomic mass is 10.1. The molecule has 0 atom stereocenters. The van der Waals surface area contributed by atoms with Crippen molar-refractivity contribution in [1.82, 2.24) is 0 Å². The third kappa shape index (κ3) is 5.22. The highest BCUT2D eigenvalue weighted by Crippen LogP contribution is 2.13. The Hall–Kier alpha value is -1.29. The van der Waals surface area contributed by atoms with Gasteiger partial charge in [0.2, 0.25) is 0 Å². The fraction of sp³-hybridized carbons (Fsp3) is 0.545. The van der Waals surface area contributed by atoms with Gasteiger partial charge in [0.15, 0.2) is 0 Å². The van der Waals surface area contributed by atoms with E-state index < -0.39 is 5.97 Å². The number of hydrogen-bond donors (Lipinski definition) is 3. The fourth-order valence-corrected chi connectivity index (χ4v) is 1.00. The molecule has 0 bridgehead atoms. The van der Waals surface area contributed by atoms with Crippen molar-refractivity contribution in [2.45, 2.75) is 33.1 Å². The molecular weight excluding hydrogens is 196 g/mol. The Morgan fingerprint density at radius 1 is 1.13 bits per heavy atom. The van der Waals surface area contributed by atoms with Crippen LogP contribution >= 0.6 is 0 Å². The van der Waals surface area contributed by atoms with Crippen LogP contribution in [0.2, 0.25) is 0 Å². The van der Waals surface area contributed by atoms with E-state index in [1.54, 1.807) is 13.0 Å². The maximum Gasteiger partial charge on any atom is 0.331 e. The van der Waals surface area contributed by atoms with Crippen LogP contribution in [0, 0.1) is 0 Å². The number of allylic oxidation sites excluding steroid dienone is 2. The van der Waals surface area contributed by atoms with Gasteiger partial charge >= 0.3 is 5.97 Å². The molecule has 3 N–H and O–H groups in total. The van der Waals surface area contributed by atoms with Gasteiger partial charge in [0, 0.05) is 17.8 Å². The minimum atomic E-state index is -1.03. The Labute approximate surface area is 89.6 Å². The van der Waals surface area contributed by atoms with Crippen LogP contribution in [-0.4, -0.2) is 27.9 Å². The first-order valence-electron chi connectivity index (χ1n) is 4.91. The van der Waals surface area contributed by atoms with E-state index >= 15 is 0 Å². The van der Waals surface area contributed by atoms with Crippen molar-refractivity contribution < 1.29 is 20.1 Å². The molecule has 0 saturated carbocycles. The molecule has 15 heavy (non-hydrogen) atoms. The number of carboxylic acids is 1. The molecule has 4 nitrogen and oxygen atoms in total. The Morgan fingerprint density at radius 2 is 1.73 bits per heavy atom. The number of hydrogen-bond acceptors (Lipinski definition) is 3. The molecule has 0 heterocycles. The average molecular weight is 214 g/mol. The number of unbranched alkanes of at least 4 members (excludes halogenated alkanes) is 2. The Bertz CT molecular complexity index is 276. The maximum absolute atomic E-state index is 10.6. The van der Waals surface area contributed by atoms with E-state index in [-0.39, 0.29) is 17.9 Å². The van der Waals surface area contributed by atoms with Crippen LogP contribution in [0.3, 0.4) is 0 Å². The van der Waals surface area contributed by atoms with Gasteiger partial charge in [0.05, 0.1) is 0 Å². The first-order valence-corrected chi connectivity index (χ1v) is 4.91. The number of rotatable bonds is 6. The smallest absolute Gasteiger partial charge is 0.331 e. The van der Waals surface area contributed by atoms with Gasteiger partial charge < -0.3 is 15.3 Å². The topological polar surface area (TPSA) is 77.8 Å². The van der Waals surface area contributed by atoms with E-state index in [0.717, 1.165) is 6.42 Å². The van der Waals surface area contributed by atoms with Gasteiger partial charge in [-0.25, -0.2) is 4.79 Å². The summed E-state index contributed by atoms with van der Waals surface area (Å²) in [4.78, 5) is 10.6. The normalized spacial score (nSPS) is 13.7. The lowest BCUT2D eigenvalue weighted by Crippen LogP contribution is -2.01. The molecule has 0 radical (unpaired) electrons. The summed E-state index contributed by atoms with van der Waals surface area (Å²) in [6.45, 7) is 3.16. The number of aliphatic hydroxyl groups excluding tert-OH is 2. The van der Waals surface area contributed by atoms with Crippen molar-refractivity contribution in [2.24, 2.45) is 0 Å². The number of carboxylic acid groups (broad SMARTS) is 1.